The van der Waals surface area contributed by atoms with Crippen LogP contribution in [0.5, 0.6) is 0 Å². The van der Waals surface area contributed by atoms with E-state index in [2.05, 4.69) is 4.98 Å². The third kappa shape index (κ3) is 1.90. The van der Waals surface area contributed by atoms with Crippen LogP contribution in [0.1, 0.15) is 11.3 Å². The molecule has 1 aromatic carbocycles. The Morgan fingerprint density at radius 1 is 1.21 bits per heavy atom. The first-order valence-electron chi connectivity index (χ1n) is 6.13. The van der Waals surface area contributed by atoms with Crippen molar-refractivity contribution in [2.75, 3.05) is 0 Å². The van der Waals surface area contributed by atoms with Crippen LogP contribution >= 0.6 is 0 Å². The zero-order valence-electron chi connectivity index (χ0n) is 10.6. The molecule has 0 amide bonds. The molecule has 2 aromatic heterocycles. The molecular formula is C15H14FN3. The van der Waals surface area contributed by atoms with E-state index in [0.29, 0.717) is 12.2 Å². The Morgan fingerprint density at radius 2 is 2.00 bits per heavy atom. The molecule has 4 heteroatoms. The van der Waals surface area contributed by atoms with Gasteiger partial charge >= 0.3 is 0 Å². The molecule has 0 aliphatic heterocycles. The van der Waals surface area contributed by atoms with Gasteiger partial charge in [-0.2, -0.15) is 0 Å². The fourth-order valence-electron chi connectivity index (χ4n) is 2.32. The average molecular weight is 255 g/mol. The first-order chi connectivity index (χ1) is 9.20. The third-order valence-electron chi connectivity index (χ3n) is 3.27. The van der Waals surface area contributed by atoms with Crippen LogP contribution < -0.4 is 5.73 Å². The third-order valence-corrected chi connectivity index (χ3v) is 3.27. The number of hydrogen-bond donors (Lipinski definition) is 1. The number of aryl methyl sites for hydroxylation is 1. The topological polar surface area (TPSA) is 43.3 Å². The highest BCUT2D eigenvalue weighted by atomic mass is 19.1. The molecule has 0 atom stereocenters. The molecule has 2 N–H and O–H groups in total. The Kier molecular flexibility index (Phi) is 2.80. The van der Waals surface area contributed by atoms with Crippen molar-refractivity contribution in [1.29, 1.82) is 0 Å². The summed E-state index contributed by atoms with van der Waals surface area (Å²) in [6.45, 7) is 2.34. The smallest absolute Gasteiger partial charge is 0.139 e. The summed E-state index contributed by atoms with van der Waals surface area (Å²) in [5.74, 6) is -0.295. The van der Waals surface area contributed by atoms with Gasteiger partial charge in [0.25, 0.3) is 0 Å². The molecule has 0 radical (unpaired) electrons. The van der Waals surface area contributed by atoms with Gasteiger partial charge in [0, 0.05) is 18.3 Å². The molecule has 0 aliphatic rings. The van der Waals surface area contributed by atoms with Crippen LogP contribution in [0, 0.1) is 12.7 Å². The molecule has 0 saturated heterocycles. The number of hydrogen-bond acceptors (Lipinski definition) is 2. The molecule has 19 heavy (non-hydrogen) atoms. The van der Waals surface area contributed by atoms with Crippen LogP contribution in [0.15, 0.2) is 42.6 Å². The minimum absolute atomic E-state index is 0.295. The number of pyridine rings is 1. The lowest BCUT2D eigenvalue weighted by molar-refractivity contribution is 0.618. The lowest BCUT2D eigenvalue weighted by atomic mass is 10.0. The largest absolute Gasteiger partial charge is 0.325 e. The molecule has 0 aliphatic carbocycles. The normalized spacial score (nSPS) is 11.1. The summed E-state index contributed by atoms with van der Waals surface area (Å²) < 4.78 is 15.1. The van der Waals surface area contributed by atoms with Crippen LogP contribution in [-0.4, -0.2) is 9.38 Å². The van der Waals surface area contributed by atoms with Crippen molar-refractivity contribution in [2.24, 2.45) is 5.73 Å². The average Bonchev–Trinajstić information content (AvgIpc) is 2.76. The van der Waals surface area contributed by atoms with Gasteiger partial charge in [0.1, 0.15) is 11.5 Å². The molecule has 3 aromatic rings. The molecule has 0 spiro atoms. The Balaban J connectivity index is 2.33. The first kappa shape index (κ1) is 11.9. The van der Waals surface area contributed by atoms with E-state index in [-0.39, 0.29) is 5.82 Å². The molecule has 2 heterocycles. The fourth-order valence-corrected chi connectivity index (χ4v) is 2.32. The zero-order valence-corrected chi connectivity index (χ0v) is 10.6. The summed E-state index contributed by atoms with van der Waals surface area (Å²) in [4.78, 5) is 4.57. The summed E-state index contributed by atoms with van der Waals surface area (Å²) in [6.07, 6.45) is 1.42. The second-order valence-corrected chi connectivity index (χ2v) is 4.50. The highest BCUT2D eigenvalue weighted by Gasteiger charge is 2.14. The summed E-state index contributed by atoms with van der Waals surface area (Å²) in [5, 5.41) is 0. The minimum Gasteiger partial charge on any atom is -0.325 e. The number of imidazole rings is 1. The quantitative estimate of drug-likeness (QED) is 0.765. The molecule has 3 nitrogen and oxygen atoms in total. The van der Waals surface area contributed by atoms with Crippen molar-refractivity contribution < 1.29 is 4.39 Å². The Morgan fingerprint density at radius 3 is 2.74 bits per heavy atom. The summed E-state index contributed by atoms with van der Waals surface area (Å²) in [6, 6.07) is 11.1. The predicted molar refractivity (Wildman–Crippen MR) is 73.2 cm³/mol. The summed E-state index contributed by atoms with van der Waals surface area (Å²) >= 11 is 0. The van der Waals surface area contributed by atoms with Crippen LogP contribution in [0.4, 0.5) is 4.39 Å². The minimum atomic E-state index is -0.295. The maximum absolute atomic E-state index is 13.4. The van der Waals surface area contributed by atoms with E-state index in [9.17, 15) is 4.39 Å². The number of nitrogens with two attached hydrogens (primary N) is 1. The summed E-state index contributed by atoms with van der Waals surface area (Å²) in [5.41, 5.74) is 10.3. The van der Waals surface area contributed by atoms with Crippen molar-refractivity contribution in [3.63, 3.8) is 0 Å². The van der Waals surface area contributed by atoms with Gasteiger partial charge in [-0.25, -0.2) is 9.37 Å². The number of halogens is 1. The number of fused-ring (bicyclic) bond motifs is 1. The zero-order chi connectivity index (χ0) is 13.4. The van der Waals surface area contributed by atoms with Gasteiger partial charge in [-0.15, -0.1) is 0 Å². The predicted octanol–water partition coefficient (Wildman–Crippen LogP) is 2.91. The Bertz CT molecular complexity index is 746. The first-order valence-corrected chi connectivity index (χ1v) is 6.13. The Hall–Kier alpha value is -2.20. The monoisotopic (exact) mass is 255 g/mol. The van der Waals surface area contributed by atoms with Crippen molar-refractivity contribution in [3.05, 3.63) is 59.7 Å². The van der Waals surface area contributed by atoms with Gasteiger partial charge in [0.05, 0.1) is 11.4 Å². The van der Waals surface area contributed by atoms with E-state index in [1.807, 2.05) is 31.2 Å². The van der Waals surface area contributed by atoms with E-state index >= 15 is 0 Å². The SMILES string of the molecule is Cc1ccccc1-c1nc2ccc(F)cn2c1CN. The molecule has 3 rings (SSSR count). The van der Waals surface area contributed by atoms with Crippen molar-refractivity contribution >= 4 is 5.65 Å². The number of aromatic nitrogens is 2. The molecule has 0 saturated carbocycles. The lowest BCUT2D eigenvalue weighted by Crippen LogP contribution is -2.03. The second-order valence-electron chi connectivity index (χ2n) is 4.50. The molecule has 0 fully saturated rings. The highest BCUT2D eigenvalue weighted by molar-refractivity contribution is 5.69. The molecule has 96 valence electrons. The van der Waals surface area contributed by atoms with Crippen LogP contribution in [0.2, 0.25) is 0 Å². The molecular weight excluding hydrogens is 241 g/mol. The second kappa shape index (κ2) is 4.48. The molecule has 0 unspecified atom stereocenters. The summed E-state index contributed by atoms with van der Waals surface area (Å²) in [7, 11) is 0. The van der Waals surface area contributed by atoms with Gasteiger partial charge in [0.2, 0.25) is 0 Å². The lowest BCUT2D eigenvalue weighted by Gasteiger charge is -2.05. The van der Waals surface area contributed by atoms with E-state index in [4.69, 9.17) is 5.73 Å². The van der Waals surface area contributed by atoms with Gasteiger partial charge in [-0.1, -0.05) is 24.3 Å². The van der Waals surface area contributed by atoms with Crippen LogP contribution in [-0.2, 0) is 6.54 Å². The van der Waals surface area contributed by atoms with Gasteiger partial charge in [0.15, 0.2) is 0 Å². The number of nitrogens with zero attached hydrogens (tertiary/aromatic N) is 2. The van der Waals surface area contributed by atoms with Gasteiger partial charge in [-0.3, -0.25) is 4.40 Å². The van der Waals surface area contributed by atoms with Crippen molar-refractivity contribution in [3.8, 4) is 11.3 Å². The van der Waals surface area contributed by atoms with Crippen molar-refractivity contribution in [2.45, 2.75) is 13.5 Å². The number of benzene rings is 1. The highest BCUT2D eigenvalue weighted by Crippen LogP contribution is 2.27. The Labute approximate surface area is 110 Å². The maximum Gasteiger partial charge on any atom is 0.139 e. The van der Waals surface area contributed by atoms with Gasteiger partial charge in [-0.05, 0) is 24.6 Å². The maximum atomic E-state index is 13.4. The van der Waals surface area contributed by atoms with E-state index in [1.54, 1.807) is 10.5 Å². The van der Waals surface area contributed by atoms with E-state index in [1.165, 1.54) is 12.3 Å². The van der Waals surface area contributed by atoms with Crippen molar-refractivity contribution in [1.82, 2.24) is 9.38 Å². The number of rotatable bonds is 2. The van der Waals surface area contributed by atoms with Crippen LogP contribution in [0.25, 0.3) is 16.9 Å². The fraction of sp³-hybridized carbons (Fsp3) is 0.133. The van der Waals surface area contributed by atoms with E-state index < -0.39 is 0 Å². The van der Waals surface area contributed by atoms with E-state index in [0.717, 1.165) is 22.5 Å². The molecule has 0 bridgehead atoms. The standard InChI is InChI=1S/C15H14FN3/c1-10-4-2-3-5-12(10)15-13(8-17)19-9-11(16)6-7-14(19)18-15/h2-7,9H,8,17H2,1H3. The van der Waals surface area contributed by atoms with Gasteiger partial charge < -0.3 is 5.73 Å². The van der Waals surface area contributed by atoms with Crippen LogP contribution in [0.3, 0.4) is 0 Å².